The third-order valence-corrected chi connectivity index (χ3v) is 3.84. The first kappa shape index (κ1) is 10.4. The predicted molar refractivity (Wildman–Crippen MR) is 70.5 cm³/mol. The van der Waals surface area contributed by atoms with Crippen LogP contribution in [0.15, 0.2) is 30.3 Å². The quantitative estimate of drug-likeness (QED) is 0.675. The predicted octanol–water partition coefficient (Wildman–Crippen LogP) is 5.02. The summed E-state index contributed by atoms with van der Waals surface area (Å²) < 4.78 is 1.39. The SMILES string of the molecule is CCC/C=C/c1sc2ccccc2c1C. The van der Waals surface area contributed by atoms with Crippen molar-refractivity contribution >= 4 is 27.5 Å². The molecule has 1 heteroatoms. The number of thiophene rings is 1. The Morgan fingerprint density at radius 1 is 1.27 bits per heavy atom. The van der Waals surface area contributed by atoms with Crippen LogP contribution in [0.1, 0.15) is 30.2 Å². The van der Waals surface area contributed by atoms with Gasteiger partial charge in [0.15, 0.2) is 0 Å². The average molecular weight is 216 g/mol. The highest BCUT2D eigenvalue weighted by molar-refractivity contribution is 7.20. The lowest BCUT2D eigenvalue weighted by molar-refractivity contribution is 0.962. The van der Waals surface area contributed by atoms with Gasteiger partial charge in [-0.2, -0.15) is 0 Å². The average Bonchev–Trinajstić information content (AvgIpc) is 2.57. The van der Waals surface area contributed by atoms with Gasteiger partial charge < -0.3 is 0 Å². The molecule has 2 aromatic rings. The van der Waals surface area contributed by atoms with Crippen LogP contribution in [0.25, 0.3) is 16.2 Å². The standard InChI is InChI=1S/C14H16S/c1-3-4-5-9-13-11(2)12-8-6-7-10-14(12)15-13/h5-10H,3-4H2,1-2H3/b9-5+. The van der Waals surface area contributed by atoms with E-state index in [0.29, 0.717) is 0 Å². The first-order valence-corrected chi connectivity index (χ1v) is 6.29. The van der Waals surface area contributed by atoms with Crippen LogP contribution in [0.3, 0.4) is 0 Å². The number of allylic oxidation sites excluding steroid dienone is 1. The van der Waals surface area contributed by atoms with E-state index in [0.717, 1.165) is 0 Å². The fourth-order valence-corrected chi connectivity index (χ4v) is 2.85. The van der Waals surface area contributed by atoms with Gasteiger partial charge in [0.2, 0.25) is 0 Å². The second kappa shape index (κ2) is 4.63. The van der Waals surface area contributed by atoms with E-state index in [2.05, 4.69) is 50.3 Å². The van der Waals surface area contributed by atoms with Crippen molar-refractivity contribution in [2.45, 2.75) is 26.7 Å². The molecule has 1 heterocycles. The summed E-state index contributed by atoms with van der Waals surface area (Å²) in [6, 6.07) is 8.63. The highest BCUT2D eigenvalue weighted by Crippen LogP contribution is 2.31. The zero-order valence-corrected chi connectivity index (χ0v) is 10.1. The Bertz CT molecular complexity index is 477. The Labute approximate surface area is 95.3 Å². The number of hydrogen-bond donors (Lipinski definition) is 0. The van der Waals surface area contributed by atoms with E-state index in [1.54, 1.807) is 0 Å². The van der Waals surface area contributed by atoms with Crippen molar-refractivity contribution in [1.82, 2.24) is 0 Å². The molecule has 0 atom stereocenters. The molecule has 15 heavy (non-hydrogen) atoms. The Balaban J connectivity index is 2.40. The molecule has 0 saturated heterocycles. The van der Waals surface area contributed by atoms with Gasteiger partial charge in [-0.25, -0.2) is 0 Å². The number of hydrogen-bond acceptors (Lipinski definition) is 1. The summed E-state index contributed by atoms with van der Waals surface area (Å²) in [5.74, 6) is 0. The highest BCUT2D eigenvalue weighted by Gasteiger charge is 2.03. The lowest BCUT2D eigenvalue weighted by Gasteiger charge is -1.91. The van der Waals surface area contributed by atoms with E-state index < -0.39 is 0 Å². The molecule has 1 aromatic carbocycles. The van der Waals surface area contributed by atoms with E-state index in [-0.39, 0.29) is 0 Å². The summed E-state index contributed by atoms with van der Waals surface area (Å²) in [5, 5.41) is 1.40. The van der Waals surface area contributed by atoms with Crippen LogP contribution in [-0.4, -0.2) is 0 Å². The minimum Gasteiger partial charge on any atom is -0.136 e. The van der Waals surface area contributed by atoms with Gasteiger partial charge >= 0.3 is 0 Å². The Morgan fingerprint density at radius 2 is 2.07 bits per heavy atom. The minimum absolute atomic E-state index is 1.17. The molecular formula is C14H16S. The zero-order chi connectivity index (χ0) is 10.7. The molecule has 0 spiro atoms. The second-order valence-electron chi connectivity index (χ2n) is 3.78. The Kier molecular flexibility index (Phi) is 3.22. The number of aryl methyl sites for hydroxylation is 1. The van der Waals surface area contributed by atoms with Crippen molar-refractivity contribution in [1.29, 1.82) is 0 Å². The maximum absolute atomic E-state index is 2.28. The molecule has 0 nitrogen and oxygen atoms in total. The first-order chi connectivity index (χ1) is 7.33. The van der Waals surface area contributed by atoms with Crippen LogP contribution in [0.5, 0.6) is 0 Å². The smallest absolute Gasteiger partial charge is 0.0351 e. The van der Waals surface area contributed by atoms with Crippen molar-refractivity contribution < 1.29 is 0 Å². The fourth-order valence-electron chi connectivity index (χ4n) is 1.71. The van der Waals surface area contributed by atoms with Gasteiger partial charge in [0.25, 0.3) is 0 Å². The van der Waals surface area contributed by atoms with E-state index >= 15 is 0 Å². The van der Waals surface area contributed by atoms with Crippen LogP contribution < -0.4 is 0 Å². The molecule has 0 radical (unpaired) electrons. The molecule has 0 amide bonds. The van der Waals surface area contributed by atoms with Crippen LogP contribution in [0, 0.1) is 6.92 Å². The first-order valence-electron chi connectivity index (χ1n) is 5.47. The van der Waals surface area contributed by atoms with Crippen molar-refractivity contribution in [3.8, 4) is 0 Å². The van der Waals surface area contributed by atoms with Crippen LogP contribution in [0.4, 0.5) is 0 Å². The minimum atomic E-state index is 1.17. The molecule has 0 saturated carbocycles. The number of fused-ring (bicyclic) bond motifs is 1. The zero-order valence-electron chi connectivity index (χ0n) is 9.29. The van der Waals surface area contributed by atoms with Gasteiger partial charge in [-0.1, -0.05) is 37.6 Å². The molecule has 0 bridgehead atoms. The summed E-state index contributed by atoms with van der Waals surface area (Å²) in [7, 11) is 0. The molecule has 0 aliphatic carbocycles. The molecule has 0 fully saturated rings. The summed E-state index contributed by atoms with van der Waals surface area (Å²) in [5.41, 5.74) is 1.42. The van der Waals surface area contributed by atoms with Crippen LogP contribution >= 0.6 is 11.3 Å². The van der Waals surface area contributed by atoms with Crippen molar-refractivity contribution in [2.24, 2.45) is 0 Å². The maximum atomic E-state index is 2.28. The molecule has 1 aromatic heterocycles. The fraction of sp³-hybridized carbons (Fsp3) is 0.286. The van der Waals surface area contributed by atoms with Gasteiger partial charge in [-0.3, -0.25) is 0 Å². The molecule has 0 N–H and O–H groups in total. The number of unbranched alkanes of at least 4 members (excludes halogenated alkanes) is 1. The third-order valence-electron chi connectivity index (χ3n) is 2.61. The monoisotopic (exact) mass is 216 g/mol. The van der Waals surface area contributed by atoms with Crippen molar-refractivity contribution in [2.75, 3.05) is 0 Å². The summed E-state index contributed by atoms with van der Waals surface area (Å²) in [6.07, 6.45) is 6.94. The van der Waals surface area contributed by atoms with E-state index in [9.17, 15) is 0 Å². The van der Waals surface area contributed by atoms with E-state index in [4.69, 9.17) is 0 Å². The lowest BCUT2D eigenvalue weighted by atomic mass is 10.1. The van der Waals surface area contributed by atoms with Gasteiger partial charge in [0.05, 0.1) is 0 Å². The van der Waals surface area contributed by atoms with Gasteiger partial charge in [0.1, 0.15) is 0 Å². The largest absolute Gasteiger partial charge is 0.136 e. The molecule has 78 valence electrons. The lowest BCUT2D eigenvalue weighted by Crippen LogP contribution is -1.70. The molecule has 0 aliphatic heterocycles. The number of rotatable bonds is 3. The Morgan fingerprint density at radius 3 is 2.80 bits per heavy atom. The third kappa shape index (κ3) is 2.13. The van der Waals surface area contributed by atoms with Gasteiger partial charge in [-0.15, -0.1) is 11.3 Å². The second-order valence-corrected chi connectivity index (χ2v) is 4.86. The van der Waals surface area contributed by atoms with Crippen LogP contribution in [-0.2, 0) is 0 Å². The van der Waals surface area contributed by atoms with Gasteiger partial charge in [0, 0.05) is 9.58 Å². The molecular weight excluding hydrogens is 200 g/mol. The molecule has 2 rings (SSSR count). The van der Waals surface area contributed by atoms with Crippen molar-refractivity contribution in [3.05, 3.63) is 40.8 Å². The molecule has 0 aliphatic rings. The van der Waals surface area contributed by atoms with Crippen molar-refractivity contribution in [3.63, 3.8) is 0 Å². The summed E-state index contributed by atoms with van der Waals surface area (Å²) in [6.45, 7) is 4.42. The number of benzene rings is 1. The van der Waals surface area contributed by atoms with E-state index in [1.807, 2.05) is 11.3 Å². The summed E-state index contributed by atoms with van der Waals surface area (Å²) >= 11 is 1.89. The Hall–Kier alpha value is -1.08. The highest BCUT2D eigenvalue weighted by atomic mass is 32.1. The maximum Gasteiger partial charge on any atom is 0.0351 e. The molecule has 0 unspecified atom stereocenters. The normalized spacial score (nSPS) is 11.6. The van der Waals surface area contributed by atoms with Crippen LogP contribution in [0.2, 0.25) is 0 Å². The topological polar surface area (TPSA) is 0 Å². The summed E-state index contributed by atoms with van der Waals surface area (Å²) in [4.78, 5) is 1.41. The van der Waals surface area contributed by atoms with Gasteiger partial charge in [-0.05, 0) is 36.4 Å². The van der Waals surface area contributed by atoms with E-state index in [1.165, 1.54) is 33.4 Å².